The predicted molar refractivity (Wildman–Crippen MR) is 49.8 cm³/mol. The van der Waals surface area contributed by atoms with Crippen molar-refractivity contribution in [3.63, 3.8) is 0 Å². The molecule has 1 saturated heterocycles. The molecule has 0 radical (unpaired) electrons. The second kappa shape index (κ2) is 2.95. The molecule has 0 bridgehead atoms. The van der Waals surface area contributed by atoms with Crippen molar-refractivity contribution in [3.05, 3.63) is 0 Å². The smallest absolute Gasteiger partial charge is 0.266 e. The van der Waals surface area contributed by atoms with Crippen molar-refractivity contribution in [2.75, 3.05) is 0 Å². The highest BCUT2D eigenvalue weighted by atomic mass is 32.2. The van der Waals surface area contributed by atoms with E-state index in [4.69, 9.17) is 4.18 Å². The molecule has 1 heterocycles. The highest BCUT2D eigenvalue weighted by Gasteiger charge is 2.51. The Balaban J connectivity index is 2.27. The van der Waals surface area contributed by atoms with Crippen LogP contribution in [0.1, 0.15) is 33.1 Å². The van der Waals surface area contributed by atoms with Crippen LogP contribution in [0.15, 0.2) is 0 Å². The molecule has 0 aromatic carbocycles. The SMILES string of the molecule is CCC1OS(=O)(=O)C2CC(C)CC12. The van der Waals surface area contributed by atoms with Crippen LogP contribution >= 0.6 is 0 Å². The van der Waals surface area contributed by atoms with Gasteiger partial charge >= 0.3 is 0 Å². The van der Waals surface area contributed by atoms with Crippen molar-refractivity contribution in [3.8, 4) is 0 Å². The summed E-state index contributed by atoms with van der Waals surface area (Å²) in [7, 11) is -3.22. The predicted octanol–water partition coefficient (Wildman–Crippen LogP) is 1.54. The Morgan fingerprint density at radius 1 is 1.38 bits per heavy atom. The normalized spacial score (nSPS) is 47.8. The lowest BCUT2D eigenvalue weighted by atomic mass is 9.98. The molecular weight excluding hydrogens is 188 g/mol. The maximum absolute atomic E-state index is 11.5. The summed E-state index contributed by atoms with van der Waals surface area (Å²) in [5, 5.41) is -0.201. The van der Waals surface area contributed by atoms with E-state index < -0.39 is 10.1 Å². The maximum atomic E-state index is 11.5. The summed E-state index contributed by atoms with van der Waals surface area (Å²) in [5.41, 5.74) is 0. The van der Waals surface area contributed by atoms with Gasteiger partial charge in [0.1, 0.15) is 0 Å². The van der Waals surface area contributed by atoms with Crippen molar-refractivity contribution in [2.45, 2.75) is 44.5 Å². The van der Waals surface area contributed by atoms with E-state index in [0.717, 1.165) is 19.3 Å². The molecule has 2 rings (SSSR count). The summed E-state index contributed by atoms with van der Waals surface area (Å²) in [5.74, 6) is 0.813. The van der Waals surface area contributed by atoms with Crippen LogP contribution in [0.2, 0.25) is 0 Å². The molecular formula is C9H16O3S. The highest BCUT2D eigenvalue weighted by Crippen LogP contribution is 2.45. The van der Waals surface area contributed by atoms with E-state index in [2.05, 4.69) is 6.92 Å². The minimum Gasteiger partial charge on any atom is -0.266 e. The van der Waals surface area contributed by atoms with Crippen LogP contribution in [0.4, 0.5) is 0 Å². The molecule has 1 aliphatic heterocycles. The minimum absolute atomic E-state index is 0.0417. The van der Waals surface area contributed by atoms with Gasteiger partial charge < -0.3 is 0 Å². The number of fused-ring (bicyclic) bond motifs is 1. The molecule has 4 unspecified atom stereocenters. The van der Waals surface area contributed by atoms with Crippen molar-refractivity contribution in [1.29, 1.82) is 0 Å². The Morgan fingerprint density at radius 2 is 2.08 bits per heavy atom. The second-order valence-electron chi connectivity index (χ2n) is 4.31. The van der Waals surface area contributed by atoms with Crippen LogP contribution in [0, 0.1) is 11.8 Å². The van der Waals surface area contributed by atoms with Crippen LogP contribution in [-0.2, 0) is 14.3 Å². The molecule has 1 aliphatic carbocycles. The monoisotopic (exact) mass is 204 g/mol. The standard InChI is InChI=1S/C9H16O3S/c1-3-8-7-4-6(2)5-9(7)13(10,11)12-8/h6-9H,3-5H2,1-2H3. The van der Waals surface area contributed by atoms with Crippen LogP contribution in [0.5, 0.6) is 0 Å². The van der Waals surface area contributed by atoms with Gasteiger partial charge in [0, 0.05) is 5.92 Å². The number of hydrogen-bond donors (Lipinski definition) is 0. The highest BCUT2D eigenvalue weighted by molar-refractivity contribution is 7.87. The molecule has 2 fully saturated rings. The third-order valence-corrected chi connectivity index (χ3v) is 5.09. The number of hydrogen-bond acceptors (Lipinski definition) is 3. The summed E-state index contributed by atoms with van der Waals surface area (Å²) < 4.78 is 28.2. The van der Waals surface area contributed by atoms with Gasteiger partial charge in [0.15, 0.2) is 0 Å². The first kappa shape index (κ1) is 9.46. The second-order valence-corrected chi connectivity index (χ2v) is 6.10. The summed E-state index contributed by atoms with van der Waals surface area (Å²) in [6, 6.07) is 0. The van der Waals surface area contributed by atoms with Crippen molar-refractivity contribution >= 4 is 10.1 Å². The maximum Gasteiger partial charge on any atom is 0.270 e. The molecule has 0 amide bonds. The molecule has 0 aromatic heterocycles. The first-order chi connectivity index (χ1) is 6.04. The van der Waals surface area contributed by atoms with Crippen LogP contribution in [0.3, 0.4) is 0 Å². The van der Waals surface area contributed by atoms with E-state index in [1.807, 2.05) is 6.92 Å². The zero-order chi connectivity index (χ0) is 9.64. The van der Waals surface area contributed by atoms with Crippen LogP contribution < -0.4 is 0 Å². The quantitative estimate of drug-likeness (QED) is 0.608. The average molecular weight is 204 g/mol. The molecule has 13 heavy (non-hydrogen) atoms. The molecule has 0 N–H and O–H groups in total. The van der Waals surface area contributed by atoms with Gasteiger partial charge in [0.05, 0.1) is 11.4 Å². The summed E-state index contributed by atoms with van der Waals surface area (Å²) in [4.78, 5) is 0. The topological polar surface area (TPSA) is 43.4 Å². The lowest BCUT2D eigenvalue weighted by Gasteiger charge is -2.12. The first-order valence-electron chi connectivity index (χ1n) is 4.96. The summed E-state index contributed by atoms with van der Waals surface area (Å²) in [6.07, 6.45) is 2.58. The molecule has 1 saturated carbocycles. The van der Waals surface area contributed by atoms with Crippen molar-refractivity contribution < 1.29 is 12.6 Å². The zero-order valence-corrected chi connectivity index (χ0v) is 8.88. The first-order valence-corrected chi connectivity index (χ1v) is 6.44. The zero-order valence-electron chi connectivity index (χ0n) is 8.06. The average Bonchev–Trinajstić information content (AvgIpc) is 2.51. The molecule has 4 atom stereocenters. The molecule has 4 heteroatoms. The Kier molecular flexibility index (Phi) is 2.15. The molecule has 0 spiro atoms. The summed E-state index contributed by atoms with van der Waals surface area (Å²) >= 11 is 0. The van der Waals surface area contributed by atoms with E-state index in [9.17, 15) is 8.42 Å². The Morgan fingerprint density at radius 3 is 2.69 bits per heavy atom. The lowest BCUT2D eigenvalue weighted by Crippen LogP contribution is -2.18. The lowest BCUT2D eigenvalue weighted by molar-refractivity contribution is 0.176. The van der Waals surface area contributed by atoms with Gasteiger partial charge in [-0.05, 0) is 25.2 Å². The van der Waals surface area contributed by atoms with Gasteiger partial charge in [-0.15, -0.1) is 0 Å². The Bertz CT molecular complexity index is 296. The third-order valence-electron chi connectivity index (χ3n) is 3.30. The van der Waals surface area contributed by atoms with Crippen molar-refractivity contribution in [1.82, 2.24) is 0 Å². The van der Waals surface area contributed by atoms with E-state index in [1.165, 1.54) is 0 Å². The summed E-state index contributed by atoms with van der Waals surface area (Å²) in [6.45, 7) is 4.12. The molecule has 2 aliphatic rings. The molecule has 76 valence electrons. The van der Waals surface area contributed by atoms with Gasteiger partial charge in [-0.3, -0.25) is 4.18 Å². The fourth-order valence-electron chi connectivity index (χ4n) is 2.69. The van der Waals surface area contributed by atoms with E-state index in [0.29, 0.717) is 5.92 Å². The Labute approximate surface area is 79.6 Å². The van der Waals surface area contributed by atoms with Gasteiger partial charge in [0.25, 0.3) is 10.1 Å². The fraction of sp³-hybridized carbons (Fsp3) is 1.00. The molecule has 0 aromatic rings. The van der Waals surface area contributed by atoms with Gasteiger partial charge in [0.2, 0.25) is 0 Å². The van der Waals surface area contributed by atoms with Gasteiger partial charge in [-0.2, -0.15) is 8.42 Å². The third kappa shape index (κ3) is 1.40. The largest absolute Gasteiger partial charge is 0.270 e. The van der Waals surface area contributed by atoms with E-state index in [1.54, 1.807) is 0 Å². The number of rotatable bonds is 1. The van der Waals surface area contributed by atoms with Gasteiger partial charge in [-0.1, -0.05) is 13.8 Å². The minimum atomic E-state index is -3.22. The van der Waals surface area contributed by atoms with E-state index >= 15 is 0 Å². The Hall–Kier alpha value is -0.0900. The molecule has 3 nitrogen and oxygen atoms in total. The van der Waals surface area contributed by atoms with E-state index in [-0.39, 0.29) is 17.3 Å². The fourth-order valence-corrected chi connectivity index (χ4v) is 4.74. The van der Waals surface area contributed by atoms with Crippen LogP contribution in [0.25, 0.3) is 0 Å². The van der Waals surface area contributed by atoms with Crippen molar-refractivity contribution in [2.24, 2.45) is 11.8 Å². The van der Waals surface area contributed by atoms with Crippen LogP contribution in [-0.4, -0.2) is 19.8 Å². The van der Waals surface area contributed by atoms with Gasteiger partial charge in [-0.25, -0.2) is 0 Å².